The van der Waals surface area contributed by atoms with E-state index in [2.05, 4.69) is 67.3 Å². The molecule has 2 atom stereocenters. The van der Waals surface area contributed by atoms with E-state index in [0.717, 1.165) is 32.5 Å². The standard InChI is InChI=1S/C25H29NO/c1-19-18-26(16-14-25(19,2)22-10-6-11-23(27)17-22)15-13-21-9-5-8-20-7-3-4-12-24(20)21/h3-12,17,19,27H,13-16,18H2,1-2H3/t19-,25+/m0/s1. The first-order valence-electron chi connectivity index (χ1n) is 10.0. The Bertz CT molecular complexity index is 929. The molecule has 27 heavy (non-hydrogen) atoms. The lowest BCUT2D eigenvalue weighted by Crippen LogP contribution is -2.47. The Morgan fingerprint density at radius 1 is 1.04 bits per heavy atom. The summed E-state index contributed by atoms with van der Waals surface area (Å²) in [6.45, 7) is 8.04. The van der Waals surface area contributed by atoms with Gasteiger partial charge >= 0.3 is 0 Å². The largest absolute Gasteiger partial charge is 0.508 e. The summed E-state index contributed by atoms with van der Waals surface area (Å²) >= 11 is 0. The fraction of sp³-hybridized carbons (Fsp3) is 0.360. The molecule has 3 aromatic carbocycles. The monoisotopic (exact) mass is 359 g/mol. The number of phenols is 1. The van der Waals surface area contributed by atoms with Crippen molar-refractivity contribution in [2.75, 3.05) is 19.6 Å². The van der Waals surface area contributed by atoms with Crippen LogP contribution in [0.15, 0.2) is 66.7 Å². The van der Waals surface area contributed by atoms with E-state index >= 15 is 0 Å². The van der Waals surface area contributed by atoms with E-state index in [1.165, 1.54) is 21.9 Å². The normalized spacial score (nSPS) is 23.6. The first-order chi connectivity index (χ1) is 13.1. The topological polar surface area (TPSA) is 23.5 Å². The van der Waals surface area contributed by atoms with E-state index in [0.29, 0.717) is 11.7 Å². The molecular weight excluding hydrogens is 330 g/mol. The summed E-state index contributed by atoms with van der Waals surface area (Å²) in [7, 11) is 0. The predicted molar refractivity (Wildman–Crippen MR) is 113 cm³/mol. The molecule has 0 amide bonds. The van der Waals surface area contributed by atoms with Crippen LogP contribution in [0.1, 0.15) is 31.4 Å². The van der Waals surface area contributed by atoms with E-state index in [1.54, 1.807) is 6.07 Å². The van der Waals surface area contributed by atoms with Gasteiger partial charge in [0.2, 0.25) is 0 Å². The van der Waals surface area contributed by atoms with Gasteiger partial charge in [0.15, 0.2) is 0 Å². The van der Waals surface area contributed by atoms with Gasteiger partial charge in [0.25, 0.3) is 0 Å². The van der Waals surface area contributed by atoms with Crippen LogP contribution in [0.4, 0.5) is 0 Å². The Morgan fingerprint density at radius 3 is 2.63 bits per heavy atom. The summed E-state index contributed by atoms with van der Waals surface area (Å²) in [5, 5.41) is 12.6. The molecule has 140 valence electrons. The van der Waals surface area contributed by atoms with Crippen LogP contribution in [-0.4, -0.2) is 29.6 Å². The average Bonchev–Trinajstić information content (AvgIpc) is 2.69. The molecule has 1 N–H and O–H groups in total. The third-order valence-corrected chi connectivity index (χ3v) is 6.65. The number of nitrogens with zero attached hydrogens (tertiary/aromatic N) is 1. The van der Waals surface area contributed by atoms with Crippen LogP contribution in [0.3, 0.4) is 0 Å². The Hall–Kier alpha value is -2.32. The third-order valence-electron chi connectivity index (χ3n) is 6.65. The maximum absolute atomic E-state index is 9.88. The summed E-state index contributed by atoms with van der Waals surface area (Å²) in [6, 6.07) is 23.2. The van der Waals surface area contributed by atoms with Gasteiger partial charge in [-0.15, -0.1) is 0 Å². The zero-order chi connectivity index (χ0) is 18.9. The van der Waals surface area contributed by atoms with Crippen molar-refractivity contribution in [2.24, 2.45) is 5.92 Å². The number of benzene rings is 3. The van der Waals surface area contributed by atoms with Crippen LogP contribution in [0.5, 0.6) is 5.75 Å². The van der Waals surface area contributed by atoms with Crippen molar-refractivity contribution in [3.63, 3.8) is 0 Å². The molecule has 3 aromatic rings. The van der Waals surface area contributed by atoms with Gasteiger partial charge in [-0.3, -0.25) is 0 Å². The van der Waals surface area contributed by atoms with Gasteiger partial charge in [-0.2, -0.15) is 0 Å². The van der Waals surface area contributed by atoms with Crippen LogP contribution < -0.4 is 0 Å². The molecule has 0 radical (unpaired) electrons. The highest BCUT2D eigenvalue weighted by Crippen LogP contribution is 2.40. The van der Waals surface area contributed by atoms with Gasteiger partial charge in [0.05, 0.1) is 0 Å². The van der Waals surface area contributed by atoms with Crippen molar-refractivity contribution in [1.29, 1.82) is 0 Å². The lowest BCUT2D eigenvalue weighted by atomic mass is 9.68. The second-order valence-electron chi connectivity index (χ2n) is 8.31. The molecule has 0 spiro atoms. The van der Waals surface area contributed by atoms with Gasteiger partial charge in [0.1, 0.15) is 5.75 Å². The minimum Gasteiger partial charge on any atom is -0.508 e. The van der Waals surface area contributed by atoms with E-state index in [-0.39, 0.29) is 5.41 Å². The highest BCUT2D eigenvalue weighted by Gasteiger charge is 2.37. The Labute approximate surface area is 162 Å². The predicted octanol–water partition coefficient (Wildman–Crippen LogP) is 5.39. The fourth-order valence-electron chi connectivity index (χ4n) is 4.60. The SMILES string of the molecule is C[C@H]1CN(CCc2cccc3ccccc23)CC[C@@]1(C)c1cccc(O)c1. The van der Waals surface area contributed by atoms with Gasteiger partial charge in [-0.1, -0.05) is 68.4 Å². The summed E-state index contributed by atoms with van der Waals surface area (Å²) in [6.07, 6.45) is 2.23. The van der Waals surface area contributed by atoms with Crippen molar-refractivity contribution in [3.05, 3.63) is 77.9 Å². The number of likely N-dealkylation sites (tertiary alicyclic amines) is 1. The zero-order valence-corrected chi connectivity index (χ0v) is 16.4. The summed E-state index contributed by atoms with van der Waals surface area (Å²) < 4.78 is 0. The number of hydrogen-bond donors (Lipinski definition) is 1. The fourth-order valence-corrected chi connectivity index (χ4v) is 4.60. The van der Waals surface area contributed by atoms with E-state index < -0.39 is 0 Å². The lowest BCUT2D eigenvalue weighted by Gasteiger charge is -2.45. The molecule has 1 aliphatic rings. The molecule has 2 heteroatoms. The molecule has 1 aliphatic heterocycles. The molecule has 0 aliphatic carbocycles. The Morgan fingerprint density at radius 2 is 1.81 bits per heavy atom. The van der Waals surface area contributed by atoms with Crippen molar-refractivity contribution in [3.8, 4) is 5.75 Å². The van der Waals surface area contributed by atoms with Crippen molar-refractivity contribution in [1.82, 2.24) is 4.90 Å². The van der Waals surface area contributed by atoms with E-state index in [1.807, 2.05) is 12.1 Å². The molecule has 0 bridgehead atoms. The van der Waals surface area contributed by atoms with Crippen LogP contribution in [0, 0.1) is 5.92 Å². The van der Waals surface area contributed by atoms with Crippen LogP contribution >= 0.6 is 0 Å². The van der Waals surface area contributed by atoms with E-state index in [4.69, 9.17) is 0 Å². The zero-order valence-electron chi connectivity index (χ0n) is 16.4. The minimum absolute atomic E-state index is 0.134. The smallest absolute Gasteiger partial charge is 0.115 e. The second-order valence-corrected chi connectivity index (χ2v) is 8.31. The maximum Gasteiger partial charge on any atom is 0.115 e. The maximum atomic E-state index is 9.88. The molecule has 1 heterocycles. The van der Waals surface area contributed by atoms with Gasteiger partial charge in [-0.25, -0.2) is 0 Å². The van der Waals surface area contributed by atoms with E-state index in [9.17, 15) is 5.11 Å². The molecule has 2 nitrogen and oxygen atoms in total. The molecule has 1 fully saturated rings. The molecular formula is C25H29NO. The molecule has 0 unspecified atom stereocenters. The highest BCUT2D eigenvalue weighted by molar-refractivity contribution is 5.85. The summed E-state index contributed by atoms with van der Waals surface area (Å²) in [4.78, 5) is 2.61. The van der Waals surface area contributed by atoms with Gasteiger partial charge in [-0.05, 0) is 64.8 Å². The minimum atomic E-state index is 0.134. The Kier molecular flexibility index (Phi) is 4.92. The summed E-state index contributed by atoms with van der Waals surface area (Å²) in [5.74, 6) is 0.930. The van der Waals surface area contributed by atoms with Crippen LogP contribution in [0.25, 0.3) is 10.8 Å². The number of phenolic OH excluding ortho intramolecular Hbond substituents is 1. The molecule has 0 saturated carbocycles. The number of hydrogen-bond acceptors (Lipinski definition) is 2. The number of fused-ring (bicyclic) bond motifs is 1. The number of rotatable bonds is 4. The first kappa shape index (κ1) is 18.1. The summed E-state index contributed by atoms with van der Waals surface area (Å²) in [5.41, 5.74) is 2.85. The average molecular weight is 360 g/mol. The Balaban J connectivity index is 1.44. The van der Waals surface area contributed by atoms with Gasteiger partial charge in [0, 0.05) is 13.1 Å². The van der Waals surface area contributed by atoms with Crippen molar-refractivity contribution in [2.45, 2.75) is 32.1 Å². The third kappa shape index (κ3) is 3.59. The quantitative estimate of drug-likeness (QED) is 0.675. The highest BCUT2D eigenvalue weighted by atomic mass is 16.3. The molecule has 1 saturated heterocycles. The second kappa shape index (κ2) is 7.36. The molecule has 4 rings (SSSR count). The van der Waals surface area contributed by atoms with Crippen LogP contribution in [-0.2, 0) is 11.8 Å². The number of piperidine rings is 1. The van der Waals surface area contributed by atoms with Crippen LogP contribution in [0.2, 0.25) is 0 Å². The first-order valence-corrected chi connectivity index (χ1v) is 10.0. The lowest BCUT2D eigenvalue weighted by molar-refractivity contribution is 0.112. The van der Waals surface area contributed by atoms with Crippen molar-refractivity contribution >= 4 is 10.8 Å². The van der Waals surface area contributed by atoms with Crippen molar-refractivity contribution < 1.29 is 5.11 Å². The van der Waals surface area contributed by atoms with Gasteiger partial charge < -0.3 is 10.0 Å². The number of aromatic hydroxyl groups is 1. The molecule has 0 aromatic heterocycles.